The number of rotatable bonds is 7. The van der Waals surface area contributed by atoms with E-state index in [1.54, 1.807) is 12.4 Å². The van der Waals surface area contributed by atoms with E-state index in [0.717, 1.165) is 24.5 Å². The molecule has 0 bridgehead atoms. The minimum atomic E-state index is -3.98. The molecule has 0 radical (unpaired) electrons. The summed E-state index contributed by atoms with van der Waals surface area (Å²) in [6.45, 7) is 4.11. The van der Waals surface area contributed by atoms with Crippen LogP contribution in [0.2, 0.25) is 0 Å². The number of amides is 1. The SMILES string of the molecule is CC(C)NC(=O)OCC1CC(c2cnc(Nc3ccc(S(N)(=O)=O)cc3F)nc2)C1. The Bertz CT molecular complexity index is 1010. The highest BCUT2D eigenvalue weighted by Crippen LogP contribution is 2.41. The smallest absolute Gasteiger partial charge is 0.407 e. The van der Waals surface area contributed by atoms with Crippen molar-refractivity contribution in [2.24, 2.45) is 11.1 Å². The van der Waals surface area contributed by atoms with Crippen molar-refractivity contribution in [3.63, 3.8) is 0 Å². The van der Waals surface area contributed by atoms with Gasteiger partial charge in [0.15, 0.2) is 0 Å². The molecule has 0 spiro atoms. The summed E-state index contributed by atoms with van der Waals surface area (Å²) in [5.41, 5.74) is 0.990. The number of alkyl carbamates (subject to hydrolysis) is 1. The molecular formula is C19H24FN5O4S. The highest BCUT2D eigenvalue weighted by Gasteiger charge is 2.31. The first-order valence-corrected chi connectivity index (χ1v) is 11.0. The second-order valence-electron chi connectivity index (χ2n) is 7.58. The minimum Gasteiger partial charge on any atom is -0.449 e. The number of benzene rings is 1. The molecule has 0 saturated heterocycles. The molecule has 0 unspecified atom stereocenters. The molecule has 0 aliphatic heterocycles. The average molecular weight is 437 g/mol. The Labute approximate surface area is 174 Å². The number of ether oxygens (including phenoxy) is 1. The summed E-state index contributed by atoms with van der Waals surface area (Å²) in [4.78, 5) is 19.6. The molecule has 0 atom stereocenters. The van der Waals surface area contributed by atoms with E-state index in [2.05, 4.69) is 20.6 Å². The molecule has 1 aliphatic rings. The Kier molecular flexibility index (Phi) is 6.52. The lowest BCUT2D eigenvalue weighted by atomic mass is 9.72. The van der Waals surface area contributed by atoms with Gasteiger partial charge in [-0.2, -0.15) is 0 Å². The number of hydrogen-bond donors (Lipinski definition) is 3. The molecule has 1 aliphatic carbocycles. The third kappa shape index (κ3) is 5.63. The quantitative estimate of drug-likeness (QED) is 0.606. The number of nitrogens with zero attached hydrogens (tertiary/aromatic N) is 2. The lowest BCUT2D eigenvalue weighted by Gasteiger charge is -2.34. The summed E-state index contributed by atoms with van der Waals surface area (Å²) in [5, 5.41) is 10.4. The molecule has 1 saturated carbocycles. The van der Waals surface area contributed by atoms with Crippen LogP contribution in [0.3, 0.4) is 0 Å². The highest BCUT2D eigenvalue weighted by atomic mass is 32.2. The first kappa shape index (κ1) is 21.9. The van der Waals surface area contributed by atoms with Gasteiger partial charge in [0.05, 0.1) is 17.2 Å². The Morgan fingerprint density at radius 3 is 2.53 bits per heavy atom. The van der Waals surface area contributed by atoms with Crippen molar-refractivity contribution in [1.29, 1.82) is 0 Å². The van der Waals surface area contributed by atoms with Gasteiger partial charge in [0.2, 0.25) is 16.0 Å². The summed E-state index contributed by atoms with van der Waals surface area (Å²) >= 11 is 0. The molecule has 1 aromatic heterocycles. The van der Waals surface area contributed by atoms with Crippen molar-refractivity contribution in [3.05, 3.63) is 42.0 Å². The molecule has 4 N–H and O–H groups in total. The topological polar surface area (TPSA) is 136 Å². The number of aromatic nitrogens is 2. The average Bonchev–Trinajstić information content (AvgIpc) is 2.62. The van der Waals surface area contributed by atoms with E-state index in [1.807, 2.05) is 13.8 Å². The second kappa shape index (κ2) is 8.92. The Morgan fingerprint density at radius 2 is 1.97 bits per heavy atom. The molecule has 1 amide bonds. The largest absolute Gasteiger partial charge is 0.449 e. The van der Waals surface area contributed by atoms with Crippen LogP contribution in [0.5, 0.6) is 0 Å². The van der Waals surface area contributed by atoms with Crippen LogP contribution >= 0.6 is 0 Å². The summed E-state index contributed by atoms with van der Waals surface area (Å²) in [6, 6.07) is 3.34. The first-order valence-electron chi connectivity index (χ1n) is 9.46. The molecule has 1 heterocycles. The molecule has 9 nitrogen and oxygen atoms in total. The summed E-state index contributed by atoms with van der Waals surface area (Å²) in [6.07, 6.45) is 4.67. The van der Waals surface area contributed by atoms with E-state index < -0.39 is 21.9 Å². The zero-order valence-electron chi connectivity index (χ0n) is 16.6. The lowest BCUT2D eigenvalue weighted by molar-refractivity contribution is 0.0930. The molecule has 162 valence electrons. The van der Waals surface area contributed by atoms with Gasteiger partial charge in [-0.25, -0.2) is 32.7 Å². The van der Waals surface area contributed by atoms with Crippen LogP contribution in [0, 0.1) is 11.7 Å². The van der Waals surface area contributed by atoms with Crippen LogP contribution in [-0.4, -0.2) is 37.1 Å². The zero-order chi connectivity index (χ0) is 21.9. The molecule has 11 heteroatoms. The van der Waals surface area contributed by atoms with Crippen molar-refractivity contribution < 1.29 is 22.3 Å². The predicted molar refractivity (Wildman–Crippen MR) is 108 cm³/mol. The fourth-order valence-electron chi connectivity index (χ4n) is 3.12. The summed E-state index contributed by atoms with van der Waals surface area (Å²) in [5.74, 6) is -0.00755. The van der Waals surface area contributed by atoms with Crippen LogP contribution in [0.1, 0.15) is 38.2 Å². The molecule has 30 heavy (non-hydrogen) atoms. The number of carbonyl (C=O) groups is 1. The number of sulfonamides is 1. The summed E-state index contributed by atoms with van der Waals surface area (Å²) < 4.78 is 41.8. The lowest BCUT2D eigenvalue weighted by Crippen LogP contribution is -2.34. The van der Waals surface area contributed by atoms with Crippen LogP contribution in [0.4, 0.5) is 20.8 Å². The number of nitrogens with one attached hydrogen (secondary N) is 2. The van der Waals surface area contributed by atoms with Crippen molar-refractivity contribution in [3.8, 4) is 0 Å². The second-order valence-corrected chi connectivity index (χ2v) is 9.14. The zero-order valence-corrected chi connectivity index (χ0v) is 17.4. The fourth-order valence-corrected chi connectivity index (χ4v) is 3.65. The highest BCUT2D eigenvalue weighted by molar-refractivity contribution is 7.89. The van der Waals surface area contributed by atoms with Gasteiger partial charge < -0.3 is 15.4 Å². The number of carbonyl (C=O) groups excluding carboxylic acids is 1. The Morgan fingerprint density at radius 1 is 1.30 bits per heavy atom. The summed E-state index contributed by atoms with van der Waals surface area (Å²) in [7, 11) is -3.98. The monoisotopic (exact) mass is 437 g/mol. The van der Waals surface area contributed by atoms with Crippen molar-refractivity contribution in [2.45, 2.75) is 43.5 Å². The molecule has 2 aromatic rings. The van der Waals surface area contributed by atoms with Gasteiger partial charge in [0.1, 0.15) is 5.82 Å². The van der Waals surface area contributed by atoms with Gasteiger partial charge in [0.25, 0.3) is 0 Å². The van der Waals surface area contributed by atoms with Crippen LogP contribution in [-0.2, 0) is 14.8 Å². The Balaban J connectivity index is 1.51. The third-order valence-corrected chi connectivity index (χ3v) is 5.66. The standard InChI is InChI=1S/C19H24FN5O4S/c1-11(2)24-19(26)29-10-12-5-13(6-12)14-8-22-18(23-9-14)25-17-4-3-15(7-16(17)20)30(21,27)28/h3-4,7-9,11-13H,5-6,10H2,1-2H3,(H,24,26)(H2,21,27,28)(H,22,23,25). The molecule has 3 rings (SSSR count). The first-order chi connectivity index (χ1) is 14.1. The van der Waals surface area contributed by atoms with E-state index in [1.165, 1.54) is 12.1 Å². The van der Waals surface area contributed by atoms with Crippen LogP contribution in [0.15, 0.2) is 35.5 Å². The van der Waals surface area contributed by atoms with Gasteiger partial charge in [-0.15, -0.1) is 0 Å². The van der Waals surface area contributed by atoms with E-state index in [9.17, 15) is 17.6 Å². The fraction of sp³-hybridized carbons (Fsp3) is 0.421. The van der Waals surface area contributed by atoms with Gasteiger partial charge in [0, 0.05) is 18.4 Å². The van der Waals surface area contributed by atoms with Crippen LogP contribution < -0.4 is 15.8 Å². The van der Waals surface area contributed by atoms with E-state index in [-0.39, 0.29) is 28.5 Å². The van der Waals surface area contributed by atoms with Gasteiger partial charge in [-0.05, 0) is 62.3 Å². The van der Waals surface area contributed by atoms with E-state index in [4.69, 9.17) is 9.88 Å². The maximum Gasteiger partial charge on any atom is 0.407 e. The van der Waals surface area contributed by atoms with Crippen molar-refractivity contribution in [2.75, 3.05) is 11.9 Å². The number of anilines is 2. The third-order valence-electron chi connectivity index (χ3n) is 4.75. The number of nitrogens with two attached hydrogens (primary N) is 1. The molecular weight excluding hydrogens is 413 g/mol. The van der Waals surface area contributed by atoms with Crippen molar-refractivity contribution >= 4 is 27.8 Å². The minimum absolute atomic E-state index is 0.0377. The maximum absolute atomic E-state index is 14.1. The van der Waals surface area contributed by atoms with Gasteiger partial charge in [-0.1, -0.05) is 0 Å². The number of halogens is 1. The predicted octanol–water partition coefficient (Wildman–Crippen LogP) is 2.63. The van der Waals surface area contributed by atoms with Gasteiger partial charge in [-0.3, -0.25) is 0 Å². The van der Waals surface area contributed by atoms with Crippen LogP contribution in [0.25, 0.3) is 0 Å². The maximum atomic E-state index is 14.1. The van der Waals surface area contributed by atoms with E-state index >= 15 is 0 Å². The molecule has 1 aromatic carbocycles. The number of primary sulfonamides is 1. The number of hydrogen-bond acceptors (Lipinski definition) is 7. The normalized spacial score (nSPS) is 18.6. The van der Waals surface area contributed by atoms with Gasteiger partial charge >= 0.3 is 6.09 Å². The molecule has 1 fully saturated rings. The van der Waals surface area contributed by atoms with Crippen molar-refractivity contribution in [1.82, 2.24) is 15.3 Å². The van der Waals surface area contributed by atoms with E-state index in [0.29, 0.717) is 12.5 Å². The Hall–Kier alpha value is -2.79.